The molecule has 0 atom stereocenters. The van der Waals surface area contributed by atoms with Crippen molar-refractivity contribution in [1.82, 2.24) is 4.98 Å². The average molecular weight is 358 g/mol. The molecule has 0 radical (unpaired) electrons. The Balaban J connectivity index is 1.74. The summed E-state index contributed by atoms with van der Waals surface area (Å²) in [7, 11) is 0. The summed E-state index contributed by atoms with van der Waals surface area (Å²) in [5, 5.41) is 13.6. The zero-order valence-electron chi connectivity index (χ0n) is 12.4. The SMILES string of the molecule is O=[N+]([O-])c1ccc2cc(-c3csc(-c4ccc(F)cc4F)n3)oc2c1. The molecule has 0 aliphatic carbocycles. The second kappa shape index (κ2) is 5.75. The highest BCUT2D eigenvalue weighted by molar-refractivity contribution is 7.13. The molecule has 0 unspecified atom stereocenters. The standard InChI is InChI=1S/C17H8F2N2O3S/c18-10-2-4-12(13(19)6-10)17-20-14(8-25-17)16-5-9-1-3-11(21(22)23)7-15(9)24-16/h1-8H. The molecule has 2 aromatic carbocycles. The summed E-state index contributed by atoms with van der Waals surface area (Å²) in [5.41, 5.74) is 0.972. The molecule has 4 rings (SSSR count). The minimum atomic E-state index is -0.693. The molecule has 2 heterocycles. The fraction of sp³-hybridized carbons (Fsp3) is 0. The van der Waals surface area contributed by atoms with Crippen molar-refractivity contribution in [2.45, 2.75) is 0 Å². The summed E-state index contributed by atoms with van der Waals surface area (Å²) in [6, 6.07) is 9.33. The minimum absolute atomic E-state index is 0.0687. The van der Waals surface area contributed by atoms with Crippen LogP contribution in [0.2, 0.25) is 0 Å². The van der Waals surface area contributed by atoms with Crippen molar-refractivity contribution in [1.29, 1.82) is 0 Å². The van der Waals surface area contributed by atoms with Gasteiger partial charge >= 0.3 is 0 Å². The summed E-state index contributed by atoms with van der Waals surface area (Å²) >= 11 is 1.19. The van der Waals surface area contributed by atoms with Crippen LogP contribution in [0.4, 0.5) is 14.5 Å². The molecule has 0 spiro atoms. The van der Waals surface area contributed by atoms with Crippen molar-refractivity contribution >= 4 is 28.0 Å². The van der Waals surface area contributed by atoms with Crippen LogP contribution in [0.15, 0.2) is 52.3 Å². The van der Waals surface area contributed by atoms with Crippen LogP contribution in [0.3, 0.4) is 0 Å². The Kier molecular flexibility index (Phi) is 3.54. The molecule has 5 nitrogen and oxygen atoms in total. The predicted octanol–water partition coefficient (Wildman–Crippen LogP) is 5.41. The molecule has 4 aromatic rings. The van der Waals surface area contributed by atoms with Gasteiger partial charge in [0, 0.05) is 28.5 Å². The Bertz CT molecular complexity index is 1120. The van der Waals surface area contributed by atoms with Gasteiger partial charge in [0.25, 0.3) is 5.69 Å². The monoisotopic (exact) mass is 358 g/mol. The molecular weight excluding hydrogens is 350 g/mol. The first-order valence-electron chi connectivity index (χ1n) is 7.10. The Labute approximate surface area is 143 Å². The molecule has 8 heteroatoms. The van der Waals surface area contributed by atoms with Gasteiger partial charge in [-0.05, 0) is 24.3 Å². The molecular formula is C17H8F2N2O3S. The molecule has 0 saturated heterocycles. The third-order valence-corrected chi connectivity index (χ3v) is 4.51. The van der Waals surface area contributed by atoms with Crippen molar-refractivity contribution in [2.75, 3.05) is 0 Å². The van der Waals surface area contributed by atoms with Crippen molar-refractivity contribution in [3.63, 3.8) is 0 Å². The lowest BCUT2D eigenvalue weighted by Gasteiger charge is -1.98. The largest absolute Gasteiger partial charge is 0.454 e. The number of nitro groups is 1. The number of benzene rings is 2. The Morgan fingerprint density at radius 1 is 1.12 bits per heavy atom. The van der Waals surface area contributed by atoms with Crippen molar-refractivity contribution in [3.8, 4) is 22.0 Å². The number of halogens is 2. The van der Waals surface area contributed by atoms with E-state index in [9.17, 15) is 18.9 Å². The third-order valence-electron chi connectivity index (χ3n) is 3.63. The van der Waals surface area contributed by atoms with Crippen LogP contribution in [-0.4, -0.2) is 9.91 Å². The third kappa shape index (κ3) is 2.76. The maximum absolute atomic E-state index is 13.9. The van der Waals surface area contributed by atoms with Crippen LogP contribution in [0.25, 0.3) is 33.0 Å². The fourth-order valence-corrected chi connectivity index (χ4v) is 3.27. The van der Waals surface area contributed by atoms with E-state index in [1.807, 2.05) is 0 Å². The number of furan rings is 1. The first-order chi connectivity index (χ1) is 12.0. The van der Waals surface area contributed by atoms with Crippen LogP contribution in [0, 0.1) is 21.7 Å². The van der Waals surface area contributed by atoms with E-state index in [1.165, 1.54) is 35.6 Å². The van der Waals surface area contributed by atoms with Crippen LogP contribution in [0.5, 0.6) is 0 Å². The summed E-state index contributed by atoms with van der Waals surface area (Å²) in [5.74, 6) is -0.932. The molecule has 0 aliphatic heterocycles. The van der Waals surface area contributed by atoms with E-state index < -0.39 is 16.6 Å². The number of non-ortho nitro benzene ring substituents is 1. The number of hydrogen-bond donors (Lipinski definition) is 0. The van der Waals surface area contributed by atoms with E-state index in [0.29, 0.717) is 27.4 Å². The van der Waals surface area contributed by atoms with Gasteiger partial charge in [-0.15, -0.1) is 11.3 Å². The number of rotatable bonds is 3. The van der Waals surface area contributed by atoms with Crippen LogP contribution in [0.1, 0.15) is 0 Å². The van der Waals surface area contributed by atoms with Crippen LogP contribution in [-0.2, 0) is 0 Å². The average Bonchev–Trinajstić information content (AvgIpc) is 3.20. The molecule has 0 saturated carbocycles. The Morgan fingerprint density at radius 3 is 2.72 bits per heavy atom. The molecule has 0 fully saturated rings. The summed E-state index contributed by atoms with van der Waals surface area (Å²) in [6.07, 6.45) is 0. The van der Waals surface area contributed by atoms with Gasteiger partial charge in [0.1, 0.15) is 27.9 Å². The highest BCUT2D eigenvalue weighted by Crippen LogP contribution is 2.34. The number of nitrogens with zero attached hydrogens (tertiary/aromatic N) is 2. The van der Waals surface area contributed by atoms with E-state index in [-0.39, 0.29) is 11.3 Å². The minimum Gasteiger partial charge on any atom is -0.454 e. The van der Waals surface area contributed by atoms with Gasteiger partial charge in [-0.1, -0.05) is 0 Å². The molecule has 0 bridgehead atoms. The predicted molar refractivity (Wildman–Crippen MR) is 89.3 cm³/mol. The van der Waals surface area contributed by atoms with Gasteiger partial charge in [-0.3, -0.25) is 10.1 Å². The first-order valence-corrected chi connectivity index (χ1v) is 7.98. The molecule has 2 aromatic heterocycles. The Morgan fingerprint density at radius 2 is 1.96 bits per heavy atom. The quantitative estimate of drug-likeness (QED) is 0.363. The topological polar surface area (TPSA) is 69.2 Å². The van der Waals surface area contributed by atoms with Crippen LogP contribution < -0.4 is 0 Å². The van der Waals surface area contributed by atoms with Crippen LogP contribution >= 0.6 is 11.3 Å². The van der Waals surface area contributed by atoms with Crippen molar-refractivity contribution in [3.05, 3.63) is 69.6 Å². The highest BCUT2D eigenvalue weighted by atomic mass is 32.1. The van der Waals surface area contributed by atoms with Gasteiger partial charge < -0.3 is 4.42 Å². The number of thiazole rings is 1. The second-order valence-electron chi connectivity index (χ2n) is 5.25. The second-order valence-corrected chi connectivity index (χ2v) is 6.11. The highest BCUT2D eigenvalue weighted by Gasteiger charge is 2.15. The molecule has 124 valence electrons. The fourth-order valence-electron chi connectivity index (χ4n) is 2.43. The summed E-state index contributed by atoms with van der Waals surface area (Å²) in [6.45, 7) is 0. The zero-order chi connectivity index (χ0) is 17.6. The Hall–Kier alpha value is -3.13. The van der Waals surface area contributed by atoms with Crippen molar-refractivity contribution in [2.24, 2.45) is 0 Å². The smallest absolute Gasteiger partial charge is 0.273 e. The van der Waals surface area contributed by atoms with E-state index >= 15 is 0 Å². The van der Waals surface area contributed by atoms with E-state index in [4.69, 9.17) is 4.42 Å². The van der Waals surface area contributed by atoms with Crippen molar-refractivity contribution < 1.29 is 18.1 Å². The van der Waals surface area contributed by atoms with E-state index in [1.54, 1.807) is 17.5 Å². The number of fused-ring (bicyclic) bond motifs is 1. The zero-order valence-corrected chi connectivity index (χ0v) is 13.2. The maximum Gasteiger partial charge on any atom is 0.273 e. The lowest BCUT2D eigenvalue weighted by atomic mass is 10.2. The van der Waals surface area contributed by atoms with Gasteiger partial charge in [-0.2, -0.15) is 0 Å². The molecule has 25 heavy (non-hydrogen) atoms. The van der Waals surface area contributed by atoms with Gasteiger partial charge in [0.05, 0.1) is 11.0 Å². The normalized spacial score (nSPS) is 11.1. The molecule has 0 amide bonds. The van der Waals surface area contributed by atoms with Gasteiger partial charge in [0.15, 0.2) is 5.76 Å². The molecule has 0 aliphatic rings. The van der Waals surface area contributed by atoms with Gasteiger partial charge in [-0.25, -0.2) is 13.8 Å². The summed E-state index contributed by atoms with van der Waals surface area (Å²) in [4.78, 5) is 14.7. The van der Waals surface area contributed by atoms with E-state index in [0.717, 1.165) is 6.07 Å². The lowest BCUT2D eigenvalue weighted by molar-refractivity contribution is -0.384. The number of aromatic nitrogens is 1. The number of hydrogen-bond acceptors (Lipinski definition) is 5. The van der Waals surface area contributed by atoms with Gasteiger partial charge in [0.2, 0.25) is 0 Å². The summed E-state index contributed by atoms with van der Waals surface area (Å²) < 4.78 is 32.5. The maximum atomic E-state index is 13.9. The van der Waals surface area contributed by atoms with E-state index in [2.05, 4.69) is 4.98 Å². The first kappa shape index (κ1) is 15.4. The lowest BCUT2D eigenvalue weighted by Crippen LogP contribution is -1.85. The number of nitro benzene ring substituents is 1. The molecule has 0 N–H and O–H groups in total.